The molecule has 1 N–H and O–H groups in total. The molecule has 4 nitrogen and oxygen atoms in total. The normalized spacial score (nSPS) is 30.6. The van der Waals surface area contributed by atoms with Crippen LogP contribution in [-0.2, 0) is 9.47 Å². The quantitative estimate of drug-likeness (QED) is 0.847. The molecule has 0 spiro atoms. The molecule has 1 aromatic rings. The van der Waals surface area contributed by atoms with Crippen LogP contribution in [0.4, 0.5) is 0 Å². The molecule has 1 aromatic carbocycles. The largest absolute Gasteiger partial charge is 0.384 e. The number of hydrogen-bond acceptors (Lipinski definition) is 4. The van der Waals surface area contributed by atoms with Crippen molar-refractivity contribution in [3.63, 3.8) is 0 Å². The molecule has 3 rings (SSSR count). The van der Waals surface area contributed by atoms with Gasteiger partial charge in [0.05, 0.1) is 12.7 Å². The Morgan fingerprint density at radius 2 is 2.19 bits per heavy atom. The van der Waals surface area contributed by atoms with E-state index in [1.807, 2.05) is 30.5 Å². The van der Waals surface area contributed by atoms with Gasteiger partial charge in [0.15, 0.2) is 0 Å². The van der Waals surface area contributed by atoms with E-state index in [4.69, 9.17) is 9.47 Å². The molecule has 0 aromatic heterocycles. The first-order valence-corrected chi connectivity index (χ1v) is 8.52. The lowest BCUT2D eigenvalue weighted by Gasteiger charge is -2.47. The van der Waals surface area contributed by atoms with E-state index in [1.54, 1.807) is 18.9 Å². The number of carbonyl (C=O) groups excluding carboxylic acids is 1. The van der Waals surface area contributed by atoms with Gasteiger partial charge < -0.3 is 14.8 Å². The smallest absolute Gasteiger partial charge is 0.251 e. The summed E-state index contributed by atoms with van der Waals surface area (Å²) in [6, 6.07) is 7.90. The van der Waals surface area contributed by atoms with Crippen LogP contribution in [0.15, 0.2) is 29.2 Å². The zero-order chi connectivity index (χ0) is 14.8. The summed E-state index contributed by atoms with van der Waals surface area (Å²) in [6.45, 7) is 1.43. The average molecular weight is 307 g/mol. The van der Waals surface area contributed by atoms with Gasteiger partial charge in [-0.1, -0.05) is 0 Å². The van der Waals surface area contributed by atoms with Gasteiger partial charge in [0.2, 0.25) is 0 Å². The number of hydrogen-bond donors (Lipinski definition) is 1. The van der Waals surface area contributed by atoms with Gasteiger partial charge in [-0.2, -0.15) is 0 Å². The van der Waals surface area contributed by atoms with E-state index in [-0.39, 0.29) is 24.0 Å². The number of carbonyl (C=O) groups is 1. The van der Waals surface area contributed by atoms with Crippen molar-refractivity contribution >= 4 is 17.7 Å². The fourth-order valence-corrected chi connectivity index (χ4v) is 3.82. The Morgan fingerprint density at radius 3 is 2.86 bits per heavy atom. The molecule has 2 fully saturated rings. The summed E-state index contributed by atoms with van der Waals surface area (Å²) >= 11 is 1.67. The number of thioether (sulfide) groups is 1. The van der Waals surface area contributed by atoms with Gasteiger partial charge in [-0.15, -0.1) is 11.8 Å². The van der Waals surface area contributed by atoms with Gasteiger partial charge >= 0.3 is 0 Å². The Labute approximate surface area is 129 Å². The van der Waals surface area contributed by atoms with Crippen molar-refractivity contribution in [3.8, 4) is 0 Å². The predicted molar refractivity (Wildman–Crippen MR) is 82.7 cm³/mol. The molecular formula is C16H21NO3S. The van der Waals surface area contributed by atoms with Crippen LogP contribution in [0.2, 0.25) is 0 Å². The van der Waals surface area contributed by atoms with E-state index in [2.05, 4.69) is 5.32 Å². The Morgan fingerprint density at radius 1 is 1.43 bits per heavy atom. The first kappa shape index (κ1) is 14.9. The molecule has 0 radical (unpaired) electrons. The summed E-state index contributed by atoms with van der Waals surface area (Å²) in [6.07, 6.45) is 3.31. The van der Waals surface area contributed by atoms with Gasteiger partial charge in [0.1, 0.15) is 0 Å². The van der Waals surface area contributed by atoms with Crippen LogP contribution < -0.4 is 5.32 Å². The minimum Gasteiger partial charge on any atom is -0.384 e. The van der Waals surface area contributed by atoms with Crippen molar-refractivity contribution in [1.82, 2.24) is 5.32 Å². The Balaban J connectivity index is 1.65. The van der Waals surface area contributed by atoms with Gasteiger partial charge in [-0.25, -0.2) is 0 Å². The standard InChI is InChI=1S/C16H21NO3S/c1-19-9-13-14(12-7-8-20-15(12)13)17-16(18)10-3-5-11(21-2)6-4-10/h3-6,12-15H,7-9H2,1-2H3,(H,17,18)/t12-,13-,14-,15-/m0/s1. The monoisotopic (exact) mass is 307 g/mol. The highest BCUT2D eigenvalue weighted by Gasteiger charge is 2.54. The molecule has 1 saturated carbocycles. The van der Waals surface area contributed by atoms with E-state index in [0.717, 1.165) is 17.9 Å². The van der Waals surface area contributed by atoms with Crippen molar-refractivity contribution in [1.29, 1.82) is 0 Å². The number of nitrogens with one attached hydrogen (secondary N) is 1. The molecule has 4 atom stereocenters. The lowest BCUT2D eigenvalue weighted by molar-refractivity contribution is -0.0809. The maximum Gasteiger partial charge on any atom is 0.251 e. The molecule has 1 saturated heterocycles. The summed E-state index contributed by atoms with van der Waals surface area (Å²) in [5.74, 6) is 0.718. The summed E-state index contributed by atoms with van der Waals surface area (Å²) in [4.78, 5) is 13.5. The molecule has 0 unspecified atom stereocenters. The fraction of sp³-hybridized carbons (Fsp3) is 0.562. The Hall–Kier alpha value is -1.04. The Bertz CT molecular complexity index is 505. The zero-order valence-electron chi connectivity index (χ0n) is 12.4. The van der Waals surface area contributed by atoms with Crippen molar-refractivity contribution < 1.29 is 14.3 Å². The highest BCUT2D eigenvalue weighted by atomic mass is 32.2. The van der Waals surface area contributed by atoms with E-state index < -0.39 is 0 Å². The van der Waals surface area contributed by atoms with Gasteiger partial charge in [0.25, 0.3) is 5.91 Å². The summed E-state index contributed by atoms with van der Waals surface area (Å²) < 4.78 is 11.0. The summed E-state index contributed by atoms with van der Waals surface area (Å²) in [5, 5.41) is 3.17. The van der Waals surface area contributed by atoms with E-state index in [9.17, 15) is 4.79 Å². The maximum absolute atomic E-state index is 12.4. The molecular weight excluding hydrogens is 286 g/mol. The Kier molecular flexibility index (Phi) is 4.52. The van der Waals surface area contributed by atoms with Crippen molar-refractivity contribution in [3.05, 3.63) is 29.8 Å². The van der Waals surface area contributed by atoms with Crippen molar-refractivity contribution in [2.75, 3.05) is 26.6 Å². The van der Waals surface area contributed by atoms with Crippen LogP contribution in [0.25, 0.3) is 0 Å². The second-order valence-corrected chi connectivity index (χ2v) is 6.51. The highest BCUT2D eigenvalue weighted by molar-refractivity contribution is 7.98. The number of ether oxygens (including phenoxy) is 2. The molecule has 1 heterocycles. The summed E-state index contributed by atoms with van der Waals surface area (Å²) in [7, 11) is 1.70. The van der Waals surface area contributed by atoms with Crippen LogP contribution in [-0.4, -0.2) is 44.6 Å². The minimum absolute atomic E-state index is 0.000828. The van der Waals surface area contributed by atoms with Crippen molar-refractivity contribution in [2.24, 2.45) is 11.8 Å². The topological polar surface area (TPSA) is 47.6 Å². The van der Waals surface area contributed by atoms with Gasteiger partial charge in [-0.05, 0) is 36.9 Å². The number of methoxy groups -OCH3 is 1. The van der Waals surface area contributed by atoms with Crippen LogP contribution in [0, 0.1) is 11.8 Å². The summed E-state index contributed by atoms with van der Waals surface area (Å²) in [5.41, 5.74) is 0.714. The van der Waals surface area contributed by atoms with Crippen LogP contribution in [0.1, 0.15) is 16.8 Å². The molecule has 1 amide bonds. The zero-order valence-corrected chi connectivity index (χ0v) is 13.2. The van der Waals surface area contributed by atoms with Crippen LogP contribution in [0.3, 0.4) is 0 Å². The SMILES string of the molecule is COC[C@H]1[C@@H](NC(=O)c2ccc(SC)cc2)[C@@H]2CCO[C@@H]21. The molecule has 1 aliphatic carbocycles. The first-order chi connectivity index (χ1) is 10.2. The third-order valence-corrected chi connectivity index (χ3v) is 5.28. The minimum atomic E-state index is -0.000828. The van der Waals surface area contributed by atoms with Crippen LogP contribution in [0.5, 0.6) is 0 Å². The second-order valence-electron chi connectivity index (χ2n) is 5.63. The van der Waals surface area contributed by atoms with E-state index in [0.29, 0.717) is 18.1 Å². The van der Waals surface area contributed by atoms with Crippen molar-refractivity contribution in [2.45, 2.75) is 23.5 Å². The molecule has 5 heteroatoms. The first-order valence-electron chi connectivity index (χ1n) is 7.30. The number of rotatable bonds is 5. The van der Waals surface area contributed by atoms with Gasteiger partial charge in [0, 0.05) is 42.1 Å². The lowest BCUT2D eigenvalue weighted by Crippen LogP contribution is -2.62. The maximum atomic E-state index is 12.4. The lowest BCUT2D eigenvalue weighted by atomic mass is 9.67. The average Bonchev–Trinajstić information content (AvgIpc) is 2.94. The molecule has 2 aliphatic rings. The molecule has 114 valence electrons. The predicted octanol–water partition coefficient (Wildman–Crippen LogP) is 2.19. The second kappa shape index (κ2) is 6.38. The molecule has 1 aliphatic heterocycles. The number of fused-ring (bicyclic) bond motifs is 1. The van der Waals surface area contributed by atoms with Crippen LogP contribution >= 0.6 is 11.8 Å². The number of amides is 1. The fourth-order valence-electron chi connectivity index (χ4n) is 3.41. The van der Waals surface area contributed by atoms with E-state index >= 15 is 0 Å². The third-order valence-electron chi connectivity index (χ3n) is 4.54. The molecule has 21 heavy (non-hydrogen) atoms. The number of benzene rings is 1. The molecule has 0 bridgehead atoms. The highest BCUT2D eigenvalue weighted by Crippen LogP contribution is 2.43. The third kappa shape index (κ3) is 2.82. The van der Waals surface area contributed by atoms with E-state index in [1.165, 1.54) is 0 Å². The van der Waals surface area contributed by atoms with Gasteiger partial charge in [-0.3, -0.25) is 4.79 Å².